The van der Waals surface area contributed by atoms with Gasteiger partial charge >= 0.3 is 7.12 Å². The highest BCUT2D eigenvalue weighted by molar-refractivity contribution is 6.62. The first kappa shape index (κ1) is 14.4. The second-order valence-electron chi connectivity index (χ2n) is 6.64. The first-order valence-electron chi connectivity index (χ1n) is 7.25. The Kier molecular flexibility index (Phi) is 3.23. The van der Waals surface area contributed by atoms with E-state index in [0.29, 0.717) is 11.4 Å². The largest absolute Gasteiger partial charge is 0.496 e. The number of hydrogen-bond acceptors (Lipinski definition) is 5. The predicted molar refractivity (Wildman–Crippen MR) is 78.3 cm³/mol. The third-order valence-corrected chi connectivity index (χ3v) is 4.32. The van der Waals surface area contributed by atoms with Gasteiger partial charge in [0.15, 0.2) is 0 Å². The molecule has 5 nitrogen and oxygen atoms in total. The van der Waals surface area contributed by atoms with Crippen molar-refractivity contribution in [3.63, 3.8) is 0 Å². The second-order valence-corrected chi connectivity index (χ2v) is 6.64. The van der Waals surface area contributed by atoms with Crippen molar-refractivity contribution < 1.29 is 14.0 Å². The lowest BCUT2D eigenvalue weighted by atomic mass is 9.80. The summed E-state index contributed by atoms with van der Waals surface area (Å²) >= 11 is 0. The Morgan fingerprint density at radius 2 is 1.90 bits per heavy atom. The van der Waals surface area contributed by atoms with Crippen LogP contribution in [0.2, 0.25) is 0 Å². The molecule has 3 rings (SSSR count). The molecule has 110 valence electrons. The average Bonchev–Trinajstić information content (AvgIpc) is 3.17. The highest BCUT2D eigenvalue weighted by Crippen LogP contribution is 2.36. The van der Waals surface area contributed by atoms with E-state index < -0.39 is 18.3 Å². The van der Waals surface area contributed by atoms with Gasteiger partial charge in [0.25, 0.3) is 0 Å². The summed E-state index contributed by atoms with van der Waals surface area (Å²) in [6.45, 7) is 7.98. The van der Waals surface area contributed by atoms with Crippen LogP contribution in [0.1, 0.15) is 46.1 Å². The van der Waals surface area contributed by atoms with Crippen LogP contribution < -0.4 is 10.2 Å². The van der Waals surface area contributed by atoms with Crippen molar-refractivity contribution in [1.29, 1.82) is 5.26 Å². The van der Waals surface area contributed by atoms with Crippen molar-refractivity contribution in [2.45, 2.75) is 57.8 Å². The summed E-state index contributed by atoms with van der Waals surface area (Å²) in [7, 11) is -0.510. The minimum atomic E-state index is -0.510. The van der Waals surface area contributed by atoms with Gasteiger partial charge in [0.2, 0.25) is 5.88 Å². The molecule has 0 radical (unpaired) electrons. The summed E-state index contributed by atoms with van der Waals surface area (Å²) < 4.78 is 17.6. The Hall–Kier alpha value is -1.58. The van der Waals surface area contributed by atoms with Gasteiger partial charge in [-0.25, -0.2) is 4.98 Å². The minimum absolute atomic E-state index is 0.215. The van der Waals surface area contributed by atoms with Crippen molar-refractivity contribution in [3.05, 3.63) is 17.8 Å². The summed E-state index contributed by atoms with van der Waals surface area (Å²) in [5, 5.41) is 9.27. The van der Waals surface area contributed by atoms with E-state index in [4.69, 9.17) is 14.0 Å². The van der Waals surface area contributed by atoms with Crippen molar-refractivity contribution in [2.75, 3.05) is 0 Å². The first-order valence-corrected chi connectivity index (χ1v) is 7.25. The molecule has 2 aliphatic rings. The van der Waals surface area contributed by atoms with Gasteiger partial charge in [-0.15, -0.1) is 0 Å². The molecule has 2 fully saturated rings. The summed E-state index contributed by atoms with van der Waals surface area (Å²) in [5.41, 5.74) is 0.351. The van der Waals surface area contributed by atoms with Crippen LogP contribution in [0, 0.1) is 11.3 Å². The second kappa shape index (κ2) is 4.72. The van der Waals surface area contributed by atoms with Gasteiger partial charge in [0, 0.05) is 11.7 Å². The smallest absolute Gasteiger partial charge is 0.473 e. The van der Waals surface area contributed by atoms with Gasteiger partial charge in [-0.2, -0.15) is 5.26 Å². The Morgan fingerprint density at radius 3 is 2.43 bits per heavy atom. The molecule has 0 amide bonds. The topological polar surface area (TPSA) is 64.4 Å². The molecule has 2 heterocycles. The molecule has 1 saturated carbocycles. The number of ether oxygens (including phenoxy) is 1. The number of nitrogens with zero attached hydrogens (tertiary/aromatic N) is 2. The molecule has 6 heteroatoms. The molecule has 0 unspecified atom stereocenters. The van der Waals surface area contributed by atoms with Crippen LogP contribution in [0.5, 0.6) is 5.88 Å². The van der Waals surface area contributed by atoms with E-state index in [1.165, 1.54) is 0 Å². The zero-order valence-electron chi connectivity index (χ0n) is 12.8. The molecule has 21 heavy (non-hydrogen) atoms. The van der Waals surface area contributed by atoms with E-state index in [2.05, 4.69) is 11.1 Å². The molecule has 0 spiro atoms. The fraction of sp³-hybridized carbons (Fsp3) is 0.600. The normalized spacial score (nSPS) is 22.9. The molecule has 0 bridgehead atoms. The van der Waals surface area contributed by atoms with Crippen LogP contribution in [0.4, 0.5) is 0 Å². The monoisotopic (exact) mass is 286 g/mol. The molecule has 0 aromatic carbocycles. The SMILES string of the molecule is CC1(C)OB(c2cnc(OC3CC3)c(C#N)c2)OC1(C)C. The van der Waals surface area contributed by atoms with E-state index in [1.54, 1.807) is 12.3 Å². The van der Waals surface area contributed by atoms with Crippen LogP contribution >= 0.6 is 0 Å². The lowest BCUT2D eigenvalue weighted by Crippen LogP contribution is -2.41. The fourth-order valence-corrected chi connectivity index (χ4v) is 2.09. The van der Waals surface area contributed by atoms with Gasteiger partial charge < -0.3 is 14.0 Å². The van der Waals surface area contributed by atoms with Crippen LogP contribution in [-0.4, -0.2) is 29.4 Å². The van der Waals surface area contributed by atoms with Crippen molar-refractivity contribution in [1.82, 2.24) is 4.98 Å². The van der Waals surface area contributed by atoms with E-state index in [0.717, 1.165) is 18.3 Å². The van der Waals surface area contributed by atoms with Crippen LogP contribution in [-0.2, 0) is 9.31 Å². The summed E-state index contributed by atoms with van der Waals surface area (Å²) in [6.07, 6.45) is 3.95. The standard InChI is InChI=1S/C15H19BN2O3/c1-14(2)15(3,4)21-16(20-14)11-7-10(8-17)13(18-9-11)19-12-5-6-12/h7,9,12H,5-6H2,1-4H3. The fourth-order valence-electron chi connectivity index (χ4n) is 2.09. The molecule has 1 aliphatic carbocycles. The zero-order valence-corrected chi connectivity index (χ0v) is 12.8. The number of nitriles is 1. The summed E-state index contributed by atoms with van der Waals surface area (Å²) in [5.74, 6) is 0.403. The summed E-state index contributed by atoms with van der Waals surface area (Å²) in [6, 6.07) is 3.88. The Bertz CT molecular complexity index is 589. The van der Waals surface area contributed by atoms with Crippen molar-refractivity contribution in [3.8, 4) is 11.9 Å². The van der Waals surface area contributed by atoms with E-state index in [-0.39, 0.29) is 6.10 Å². The lowest BCUT2D eigenvalue weighted by Gasteiger charge is -2.32. The Morgan fingerprint density at radius 1 is 1.29 bits per heavy atom. The number of pyridine rings is 1. The lowest BCUT2D eigenvalue weighted by molar-refractivity contribution is 0.00578. The van der Waals surface area contributed by atoms with Gasteiger partial charge in [-0.3, -0.25) is 0 Å². The molecule has 1 aromatic rings. The molecular weight excluding hydrogens is 267 g/mol. The molecule has 1 aromatic heterocycles. The molecular formula is C15H19BN2O3. The van der Waals surface area contributed by atoms with E-state index in [9.17, 15) is 5.26 Å². The van der Waals surface area contributed by atoms with E-state index in [1.807, 2.05) is 27.7 Å². The maximum absolute atomic E-state index is 9.27. The van der Waals surface area contributed by atoms with Crippen LogP contribution in [0.25, 0.3) is 0 Å². The van der Waals surface area contributed by atoms with Gasteiger partial charge in [0.1, 0.15) is 17.7 Å². The highest BCUT2D eigenvalue weighted by Gasteiger charge is 2.52. The van der Waals surface area contributed by atoms with Gasteiger partial charge in [0.05, 0.1) is 11.2 Å². The van der Waals surface area contributed by atoms with Crippen molar-refractivity contribution in [2.24, 2.45) is 0 Å². The quantitative estimate of drug-likeness (QED) is 0.793. The maximum atomic E-state index is 9.27. The highest BCUT2D eigenvalue weighted by atomic mass is 16.7. The first-order chi connectivity index (χ1) is 9.82. The maximum Gasteiger partial charge on any atom is 0.496 e. The number of aromatic nitrogens is 1. The summed E-state index contributed by atoms with van der Waals surface area (Å²) in [4.78, 5) is 4.27. The number of hydrogen-bond donors (Lipinski definition) is 0. The van der Waals surface area contributed by atoms with Crippen LogP contribution in [0.3, 0.4) is 0 Å². The Balaban J connectivity index is 1.85. The zero-order chi connectivity index (χ0) is 15.3. The van der Waals surface area contributed by atoms with Crippen LogP contribution in [0.15, 0.2) is 12.3 Å². The number of rotatable bonds is 3. The molecule has 1 aliphatic heterocycles. The predicted octanol–water partition coefficient (Wildman–Crippen LogP) is 1.79. The Labute approximate surface area is 125 Å². The van der Waals surface area contributed by atoms with Gasteiger partial charge in [-0.05, 0) is 46.6 Å². The third kappa shape index (κ3) is 2.64. The molecule has 0 atom stereocenters. The molecule has 1 saturated heterocycles. The van der Waals surface area contributed by atoms with Crippen molar-refractivity contribution >= 4 is 12.6 Å². The third-order valence-electron chi connectivity index (χ3n) is 4.32. The average molecular weight is 286 g/mol. The molecule has 0 N–H and O–H groups in total. The van der Waals surface area contributed by atoms with Gasteiger partial charge in [-0.1, -0.05) is 0 Å². The minimum Gasteiger partial charge on any atom is -0.473 e. The van der Waals surface area contributed by atoms with E-state index >= 15 is 0 Å².